The van der Waals surface area contributed by atoms with Crippen LogP contribution in [0.3, 0.4) is 0 Å². The van der Waals surface area contributed by atoms with Crippen LogP contribution in [0.2, 0.25) is 0 Å². The maximum atomic E-state index is 12.6. The number of benzene rings is 1. The summed E-state index contributed by atoms with van der Waals surface area (Å²) < 4.78 is 5.61. The van der Waals surface area contributed by atoms with Gasteiger partial charge in [0.1, 0.15) is 5.82 Å². The zero-order chi connectivity index (χ0) is 24.8. The van der Waals surface area contributed by atoms with Crippen molar-refractivity contribution < 1.29 is 9.53 Å². The minimum atomic E-state index is -0.0541. The number of nitrogens with zero attached hydrogens (tertiary/aromatic N) is 3. The highest BCUT2D eigenvalue weighted by Crippen LogP contribution is 2.31. The Labute approximate surface area is 214 Å². The maximum absolute atomic E-state index is 12.6. The summed E-state index contributed by atoms with van der Waals surface area (Å²) in [6, 6.07) is 10.6. The summed E-state index contributed by atoms with van der Waals surface area (Å²) in [6.45, 7) is 7.97. The van der Waals surface area contributed by atoms with Gasteiger partial charge in [0.15, 0.2) is 5.16 Å². The van der Waals surface area contributed by atoms with Crippen LogP contribution in [0, 0.1) is 0 Å². The number of rotatable bonds is 8. The molecule has 2 fully saturated rings. The van der Waals surface area contributed by atoms with E-state index in [1.807, 2.05) is 18.2 Å². The van der Waals surface area contributed by atoms with Gasteiger partial charge in [-0.1, -0.05) is 63.9 Å². The Morgan fingerprint density at radius 3 is 2.63 bits per heavy atom. The van der Waals surface area contributed by atoms with Crippen molar-refractivity contribution in [2.45, 2.75) is 94.2 Å². The van der Waals surface area contributed by atoms with Crippen molar-refractivity contribution in [2.75, 3.05) is 25.1 Å². The molecule has 1 atom stereocenters. The summed E-state index contributed by atoms with van der Waals surface area (Å²) in [4.78, 5) is 24.9. The van der Waals surface area contributed by atoms with Gasteiger partial charge in [0.05, 0.1) is 11.8 Å². The van der Waals surface area contributed by atoms with Crippen molar-refractivity contribution in [1.29, 1.82) is 0 Å². The number of carbonyl (C=O) groups is 1. The van der Waals surface area contributed by atoms with E-state index in [-0.39, 0.29) is 17.4 Å². The third-order valence-corrected chi connectivity index (χ3v) is 7.93. The first-order valence-corrected chi connectivity index (χ1v) is 14.0. The van der Waals surface area contributed by atoms with Gasteiger partial charge in [-0.05, 0) is 43.4 Å². The predicted octanol–water partition coefficient (Wildman–Crippen LogP) is 5.74. The van der Waals surface area contributed by atoms with Crippen LogP contribution >= 0.6 is 11.8 Å². The van der Waals surface area contributed by atoms with Crippen molar-refractivity contribution in [2.24, 2.45) is 0 Å². The Morgan fingerprint density at radius 2 is 1.91 bits per heavy atom. The number of carbonyl (C=O) groups excluding carboxylic acids is 1. The molecule has 1 aromatic carbocycles. The van der Waals surface area contributed by atoms with Gasteiger partial charge in [-0.2, -0.15) is 0 Å². The fourth-order valence-corrected chi connectivity index (χ4v) is 5.56. The lowest BCUT2D eigenvalue weighted by Gasteiger charge is -2.33. The molecule has 190 valence electrons. The molecule has 7 heteroatoms. The van der Waals surface area contributed by atoms with Crippen molar-refractivity contribution in [3.63, 3.8) is 0 Å². The van der Waals surface area contributed by atoms with Crippen LogP contribution < -0.4 is 10.2 Å². The van der Waals surface area contributed by atoms with Crippen LogP contribution in [0.4, 0.5) is 5.82 Å². The first kappa shape index (κ1) is 26.0. The first-order valence-electron chi connectivity index (χ1n) is 13.0. The van der Waals surface area contributed by atoms with E-state index in [1.165, 1.54) is 32.1 Å². The van der Waals surface area contributed by atoms with E-state index in [1.54, 1.807) is 11.8 Å². The Balaban J connectivity index is 1.44. The summed E-state index contributed by atoms with van der Waals surface area (Å²) in [5.74, 6) is 1.68. The Kier molecular flexibility index (Phi) is 8.71. The smallest absolute Gasteiger partial charge is 0.251 e. The molecule has 1 saturated heterocycles. The van der Waals surface area contributed by atoms with Crippen LogP contribution in [0.5, 0.6) is 0 Å². The fraction of sp³-hybridized carbons (Fsp3) is 0.607. The van der Waals surface area contributed by atoms with Gasteiger partial charge in [-0.15, -0.1) is 0 Å². The number of hydrogen-bond donors (Lipinski definition) is 1. The minimum Gasteiger partial charge on any atom is -0.376 e. The molecular formula is C28H40N4O2S. The molecular weight excluding hydrogens is 456 g/mol. The molecule has 1 aromatic heterocycles. The zero-order valence-electron chi connectivity index (χ0n) is 21.7. The number of nitrogens with one attached hydrogen (secondary N) is 1. The average molecular weight is 497 g/mol. The normalized spacial score (nSPS) is 19.0. The molecule has 1 aliphatic carbocycles. The summed E-state index contributed by atoms with van der Waals surface area (Å²) in [5.41, 5.74) is 2.78. The van der Waals surface area contributed by atoms with Crippen LogP contribution in [0.25, 0.3) is 0 Å². The van der Waals surface area contributed by atoms with Crippen LogP contribution in [0.15, 0.2) is 35.5 Å². The van der Waals surface area contributed by atoms with E-state index in [2.05, 4.69) is 50.2 Å². The third-order valence-electron chi connectivity index (χ3n) is 7.02. The van der Waals surface area contributed by atoms with E-state index in [9.17, 15) is 4.79 Å². The summed E-state index contributed by atoms with van der Waals surface area (Å²) >= 11 is 1.64. The molecule has 1 saturated carbocycles. The van der Waals surface area contributed by atoms with Crippen molar-refractivity contribution >= 4 is 23.5 Å². The van der Waals surface area contributed by atoms with Crippen LogP contribution in [-0.4, -0.2) is 48.2 Å². The van der Waals surface area contributed by atoms with E-state index < -0.39 is 0 Å². The van der Waals surface area contributed by atoms with E-state index in [4.69, 9.17) is 14.7 Å². The van der Waals surface area contributed by atoms with Gasteiger partial charge in [0.2, 0.25) is 0 Å². The number of ether oxygens (including phenoxy) is 1. The number of amides is 1. The third kappa shape index (κ3) is 7.20. The zero-order valence-corrected chi connectivity index (χ0v) is 22.5. The summed E-state index contributed by atoms with van der Waals surface area (Å²) in [7, 11) is 2.18. The average Bonchev–Trinajstić information content (AvgIpc) is 3.39. The van der Waals surface area contributed by atoms with Crippen molar-refractivity contribution in [3.05, 3.63) is 47.2 Å². The second-order valence-electron chi connectivity index (χ2n) is 10.9. The Morgan fingerprint density at radius 1 is 1.11 bits per heavy atom. The van der Waals surface area contributed by atoms with Crippen LogP contribution in [0.1, 0.15) is 87.3 Å². The topological polar surface area (TPSA) is 67.4 Å². The second kappa shape index (κ2) is 11.7. The predicted molar refractivity (Wildman–Crippen MR) is 143 cm³/mol. The lowest BCUT2D eigenvalue weighted by molar-refractivity contribution is 0.0857. The summed E-state index contributed by atoms with van der Waals surface area (Å²) in [6.07, 6.45) is 8.63. The molecule has 35 heavy (non-hydrogen) atoms. The van der Waals surface area contributed by atoms with Gasteiger partial charge in [0, 0.05) is 49.0 Å². The second-order valence-corrected chi connectivity index (χ2v) is 11.8. The lowest BCUT2D eigenvalue weighted by atomic mass is 9.91. The van der Waals surface area contributed by atoms with E-state index in [0.717, 1.165) is 41.7 Å². The highest BCUT2D eigenvalue weighted by atomic mass is 32.2. The molecule has 1 N–H and O–H groups in total. The molecule has 1 amide bonds. The molecule has 2 heterocycles. The highest BCUT2D eigenvalue weighted by molar-refractivity contribution is 7.98. The molecule has 2 aliphatic rings. The van der Waals surface area contributed by atoms with Crippen LogP contribution in [-0.2, 0) is 15.9 Å². The van der Waals surface area contributed by atoms with E-state index in [0.29, 0.717) is 23.9 Å². The number of hydrogen-bond acceptors (Lipinski definition) is 6. The fourth-order valence-electron chi connectivity index (χ4n) is 4.76. The number of aromatic nitrogens is 2. The van der Waals surface area contributed by atoms with Gasteiger partial charge >= 0.3 is 0 Å². The van der Waals surface area contributed by atoms with Gasteiger partial charge < -0.3 is 15.0 Å². The minimum absolute atomic E-state index is 0.0466. The summed E-state index contributed by atoms with van der Waals surface area (Å²) in [5, 5.41) is 3.81. The van der Waals surface area contributed by atoms with Gasteiger partial charge in [-0.25, -0.2) is 9.97 Å². The molecule has 1 aliphatic heterocycles. The van der Waals surface area contributed by atoms with Crippen molar-refractivity contribution in [3.8, 4) is 0 Å². The van der Waals surface area contributed by atoms with Gasteiger partial charge in [-0.3, -0.25) is 4.79 Å². The number of thioether (sulfide) groups is 1. The van der Waals surface area contributed by atoms with E-state index >= 15 is 0 Å². The first-order chi connectivity index (χ1) is 16.8. The highest BCUT2D eigenvalue weighted by Gasteiger charge is 2.24. The van der Waals surface area contributed by atoms with Gasteiger partial charge in [0.25, 0.3) is 5.91 Å². The Bertz CT molecular complexity index is 995. The molecule has 0 bridgehead atoms. The standard InChI is InChI=1S/C28H40N4O2S/c1-28(2,3)24-17-25(32(4)22-12-6-5-7-13-22)31-27(30-24)35-19-20-10-8-11-21(16-20)26(33)29-18-23-14-9-15-34-23/h8,10-11,16-17,22-23H,5-7,9,12-15,18-19H2,1-4H3,(H,29,33). The largest absolute Gasteiger partial charge is 0.376 e. The molecule has 2 aromatic rings. The molecule has 6 nitrogen and oxygen atoms in total. The molecule has 4 rings (SSSR count). The SMILES string of the molecule is CN(c1cc(C(C)(C)C)nc(SCc2cccc(C(=O)NCC3CCCO3)c2)n1)C1CCCCC1. The monoisotopic (exact) mass is 496 g/mol. The Hall–Kier alpha value is -2.12. The lowest BCUT2D eigenvalue weighted by Crippen LogP contribution is -2.34. The maximum Gasteiger partial charge on any atom is 0.251 e. The number of anilines is 1. The molecule has 0 spiro atoms. The molecule has 1 unspecified atom stereocenters. The van der Waals surface area contributed by atoms with Crippen molar-refractivity contribution in [1.82, 2.24) is 15.3 Å². The quantitative estimate of drug-likeness (QED) is 0.371. The molecule has 0 radical (unpaired) electrons.